The molecule has 0 saturated heterocycles. The van der Waals surface area contributed by atoms with Crippen LogP contribution in [0.25, 0.3) is 0 Å². The third kappa shape index (κ3) is 5.49. The van der Waals surface area contributed by atoms with Crippen molar-refractivity contribution in [2.24, 2.45) is 0 Å². The number of amides is 1. The van der Waals surface area contributed by atoms with Crippen LogP contribution in [-0.4, -0.2) is 43.6 Å². The van der Waals surface area contributed by atoms with Gasteiger partial charge in [-0.3, -0.25) is 19.7 Å². The van der Waals surface area contributed by atoms with Crippen molar-refractivity contribution in [3.63, 3.8) is 0 Å². The Kier molecular flexibility index (Phi) is 6.89. The van der Waals surface area contributed by atoms with E-state index < -0.39 is 43.0 Å². The number of nitro groups is 1. The van der Waals surface area contributed by atoms with Crippen LogP contribution in [0, 0.1) is 10.1 Å². The number of esters is 1. The highest BCUT2D eigenvalue weighted by atomic mass is 32.2. The molecule has 0 spiro atoms. The number of carbonyl (C=O) groups excluding carboxylic acids is 2. The number of carbonyl (C=O) groups is 2. The second-order valence-electron chi connectivity index (χ2n) is 6.31. The summed E-state index contributed by atoms with van der Waals surface area (Å²) in [6.45, 7) is 1.52. The third-order valence-electron chi connectivity index (χ3n) is 4.31. The molecule has 10 heteroatoms. The molecule has 0 aliphatic heterocycles. The maximum atomic E-state index is 12.4. The molecular weight excluding hydrogens is 376 g/mol. The molecule has 9 nitrogen and oxygen atoms in total. The summed E-state index contributed by atoms with van der Waals surface area (Å²) < 4.78 is 29.3. The van der Waals surface area contributed by atoms with Crippen LogP contribution in [0.2, 0.25) is 0 Å². The lowest BCUT2D eigenvalue weighted by atomic mass is 9.95. The van der Waals surface area contributed by atoms with E-state index in [1.54, 1.807) is 0 Å². The lowest BCUT2D eigenvalue weighted by Gasteiger charge is -2.22. The number of ether oxygens (including phenoxy) is 1. The zero-order valence-corrected chi connectivity index (χ0v) is 15.8. The molecule has 2 rings (SSSR count). The molecule has 1 aliphatic rings. The second-order valence-corrected chi connectivity index (χ2v) is 8.27. The molecule has 0 atom stereocenters. The molecule has 0 radical (unpaired) electrons. The Morgan fingerprint density at radius 3 is 2.52 bits per heavy atom. The summed E-state index contributed by atoms with van der Waals surface area (Å²) >= 11 is 0. The van der Waals surface area contributed by atoms with Crippen LogP contribution in [0.15, 0.2) is 23.1 Å². The molecule has 1 aromatic carbocycles. The van der Waals surface area contributed by atoms with E-state index >= 15 is 0 Å². The Morgan fingerprint density at radius 1 is 1.26 bits per heavy atom. The van der Waals surface area contributed by atoms with Crippen molar-refractivity contribution in [3.05, 3.63) is 33.9 Å². The van der Waals surface area contributed by atoms with E-state index in [0.717, 1.165) is 44.2 Å². The number of sulfone groups is 1. The first-order valence-electron chi connectivity index (χ1n) is 8.72. The van der Waals surface area contributed by atoms with Gasteiger partial charge >= 0.3 is 5.97 Å². The molecule has 27 heavy (non-hydrogen) atoms. The Balaban J connectivity index is 2.26. The van der Waals surface area contributed by atoms with E-state index in [-0.39, 0.29) is 18.2 Å². The minimum Gasteiger partial charge on any atom is -0.465 e. The van der Waals surface area contributed by atoms with Gasteiger partial charge in [0, 0.05) is 17.7 Å². The fourth-order valence-corrected chi connectivity index (χ4v) is 4.29. The highest BCUT2D eigenvalue weighted by Gasteiger charge is 2.30. The van der Waals surface area contributed by atoms with E-state index in [2.05, 4.69) is 10.1 Å². The summed E-state index contributed by atoms with van der Waals surface area (Å²) in [6.07, 6.45) is 4.83. The van der Waals surface area contributed by atoms with E-state index in [0.29, 0.717) is 0 Å². The highest BCUT2D eigenvalue weighted by molar-refractivity contribution is 7.92. The van der Waals surface area contributed by atoms with Crippen LogP contribution in [0.1, 0.15) is 49.4 Å². The number of nitrogens with zero attached hydrogens (tertiary/aromatic N) is 1. The van der Waals surface area contributed by atoms with Crippen molar-refractivity contribution in [2.45, 2.75) is 50.0 Å². The number of nitro benzene ring substituents is 1. The highest BCUT2D eigenvalue weighted by Crippen LogP contribution is 2.27. The summed E-state index contributed by atoms with van der Waals surface area (Å²) in [5.41, 5.74) is -0.738. The molecular formula is C17H22N2O7S. The molecule has 0 unspecified atom stereocenters. The second kappa shape index (κ2) is 8.94. The van der Waals surface area contributed by atoms with Crippen molar-refractivity contribution in [3.8, 4) is 0 Å². The molecule has 1 aliphatic carbocycles. The monoisotopic (exact) mass is 398 g/mol. The molecule has 0 aromatic heterocycles. The lowest BCUT2D eigenvalue weighted by molar-refractivity contribution is -0.387. The molecule has 0 heterocycles. The van der Waals surface area contributed by atoms with Crippen LogP contribution in [0.4, 0.5) is 5.69 Å². The molecule has 1 saturated carbocycles. The number of hydrogen-bond donors (Lipinski definition) is 1. The minimum atomic E-state index is -4.27. The van der Waals surface area contributed by atoms with E-state index in [9.17, 15) is 28.1 Å². The molecule has 1 amide bonds. The van der Waals surface area contributed by atoms with Gasteiger partial charge in [-0.1, -0.05) is 19.3 Å². The van der Waals surface area contributed by atoms with Gasteiger partial charge in [0.15, 0.2) is 15.6 Å². The first kappa shape index (κ1) is 20.8. The van der Waals surface area contributed by atoms with Crippen molar-refractivity contribution >= 4 is 27.4 Å². The molecule has 1 aromatic rings. The standard InChI is InChI=1S/C17H22N2O7S/c1-2-26-16(20)11-27(24,25)15-9-8-12(10-14(15)19(22)23)17(21)18-13-6-4-3-5-7-13/h8-10,13H,2-7,11H2,1H3,(H,18,21). The van der Waals surface area contributed by atoms with Crippen LogP contribution < -0.4 is 5.32 Å². The Labute approximate surface area is 157 Å². The summed E-state index contributed by atoms with van der Waals surface area (Å²) in [5, 5.41) is 14.2. The topological polar surface area (TPSA) is 133 Å². The predicted octanol–water partition coefficient (Wildman–Crippen LogP) is 1.99. The number of hydrogen-bond acceptors (Lipinski definition) is 7. The van der Waals surface area contributed by atoms with Crippen LogP contribution >= 0.6 is 0 Å². The van der Waals surface area contributed by atoms with E-state index in [1.165, 1.54) is 13.0 Å². The molecule has 1 fully saturated rings. The lowest BCUT2D eigenvalue weighted by Crippen LogP contribution is -2.36. The number of rotatable bonds is 7. The SMILES string of the molecule is CCOC(=O)CS(=O)(=O)c1ccc(C(=O)NC2CCCCC2)cc1[N+](=O)[O-]. The largest absolute Gasteiger partial charge is 0.465 e. The van der Waals surface area contributed by atoms with Gasteiger partial charge in [-0.05, 0) is 31.9 Å². The zero-order valence-electron chi connectivity index (χ0n) is 15.0. The Bertz CT molecular complexity index is 830. The number of benzene rings is 1. The normalized spacial score (nSPS) is 15.1. The summed E-state index contributed by atoms with van der Waals surface area (Å²) in [6, 6.07) is 3.14. The van der Waals surface area contributed by atoms with Gasteiger partial charge in [-0.25, -0.2) is 8.42 Å². The van der Waals surface area contributed by atoms with Crippen LogP contribution in [0.5, 0.6) is 0 Å². The maximum Gasteiger partial charge on any atom is 0.321 e. The van der Waals surface area contributed by atoms with E-state index in [4.69, 9.17) is 0 Å². The van der Waals surface area contributed by atoms with E-state index in [1.807, 2.05) is 0 Å². The van der Waals surface area contributed by atoms with Gasteiger partial charge in [-0.2, -0.15) is 0 Å². The summed E-state index contributed by atoms with van der Waals surface area (Å²) in [5.74, 6) is -2.49. The van der Waals surface area contributed by atoms with Crippen LogP contribution in [0.3, 0.4) is 0 Å². The fourth-order valence-electron chi connectivity index (χ4n) is 3.02. The van der Waals surface area contributed by atoms with Gasteiger partial charge in [0.1, 0.15) is 4.90 Å². The maximum absolute atomic E-state index is 12.4. The molecule has 1 N–H and O–H groups in total. The quantitative estimate of drug-likeness (QED) is 0.422. The first-order valence-corrected chi connectivity index (χ1v) is 10.4. The van der Waals surface area contributed by atoms with Gasteiger partial charge < -0.3 is 10.1 Å². The van der Waals surface area contributed by atoms with Gasteiger partial charge in [-0.15, -0.1) is 0 Å². The summed E-state index contributed by atoms with van der Waals surface area (Å²) in [7, 11) is -4.27. The predicted molar refractivity (Wildman–Crippen MR) is 96.1 cm³/mol. The number of nitrogens with one attached hydrogen (secondary N) is 1. The van der Waals surface area contributed by atoms with Crippen molar-refractivity contribution < 1.29 is 27.7 Å². The van der Waals surface area contributed by atoms with Crippen molar-refractivity contribution in [2.75, 3.05) is 12.4 Å². The first-order chi connectivity index (χ1) is 12.7. The summed E-state index contributed by atoms with van der Waals surface area (Å²) in [4.78, 5) is 33.7. The van der Waals surface area contributed by atoms with Gasteiger partial charge in [0.05, 0.1) is 11.5 Å². The smallest absolute Gasteiger partial charge is 0.321 e. The van der Waals surface area contributed by atoms with Crippen LogP contribution in [-0.2, 0) is 19.4 Å². The van der Waals surface area contributed by atoms with Gasteiger partial charge in [0.25, 0.3) is 11.6 Å². The Morgan fingerprint density at radius 2 is 1.93 bits per heavy atom. The van der Waals surface area contributed by atoms with Crippen molar-refractivity contribution in [1.29, 1.82) is 0 Å². The minimum absolute atomic E-state index is 0.00218. The fraction of sp³-hybridized carbons (Fsp3) is 0.529. The average molecular weight is 398 g/mol. The van der Waals surface area contributed by atoms with Gasteiger partial charge in [0.2, 0.25) is 0 Å². The molecule has 0 bridgehead atoms. The average Bonchev–Trinajstić information content (AvgIpc) is 2.61. The van der Waals surface area contributed by atoms with Crippen molar-refractivity contribution in [1.82, 2.24) is 5.32 Å². The molecule has 148 valence electrons. The Hall–Kier alpha value is -2.49. The zero-order chi connectivity index (χ0) is 20.0. The third-order valence-corrected chi connectivity index (χ3v) is 5.94.